The van der Waals surface area contributed by atoms with Gasteiger partial charge in [0, 0.05) is 12.3 Å². The molecule has 1 heterocycles. The number of aromatic amines is 1. The van der Waals surface area contributed by atoms with Crippen molar-refractivity contribution in [3.63, 3.8) is 0 Å². The molecule has 0 bridgehead atoms. The lowest BCUT2D eigenvalue weighted by Gasteiger charge is -2.06. The summed E-state index contributed by atoms with van der Waals surface area (Å²) in [5.74, 6) is 0. The van der Waals surface area contributed by atoms with E-state index < -0.39 is 0 Å². The summed E-state index contributed by atoms with van der Waals surface area (Å²) < 4.78 is 0. The highest BCUT2D eigenvalue weighted by Gasteiger charge is 2.03. The van der Waals surface area contributed by atoms with Gasteiger partial charge in [-0.25, -0.2) is 0 Å². The van der Waals surface area contributed by atoms with Crippen LogP contribution in [-0.4, -0.2) is 10.1 Å². The van der Waals surface area contributed by atoms with E-state index in [0.717, 1.165) is 16.7 Å². The molecule has 0 saturated carbocycles. The van der Waals surface area contributed by atoms with Gasteiger partial charge in [0.05, 0.1) is 6.61 Å². The van der Waals surface area contributed by atoms with Crippen molar-refractivity contribution in [2.75, 3.05) is 0 Å². The van der Waals surface area contributed by atoms with E-state index in [9.17, 15) is 4.79 Å². The molecule has 3 nitrogen and oxygen atoms in total. The molecule has 15 heavy (non-hydrogen) atoms. The van der Waals surface area contributed by atoms with Crippen molar-refractivity contribution in [2.24, 2.45) is 0 Å². The van der Waals surface area contributed by atoms with Crippen LogP contribution in [0.2, 0.25) is 0 Å². The fourth-order valence-corrected chi connectivity index (χ4v) is 1.55. The number of aliphatic hydroxyl groups excluding tert-OH is 1. The monoisotopic (exact) mass is 201 g/mol. The second-order valence-corrected chi connectivity index (χ2v) is 3.26. The fraction of sp³-hybridized carbons (Fsp3) is 0.0833. The van der Waals surface area contributed by atoms with Crippen molar-refractivity contribution in [1.82, 2.24) is 4.98 Å². The van der Waals surface area contributed by atoms with Crippen molar-refractivity contribution in [3.05, 3.63) is 58.5 Å². The first kappa shape index (κ1) is 9.68. The number of benzene rings is 1. The molecule has 1 aromatic heterocycles. The van der Waals surface area contributed by atoms with Crippen LogP contribution in [0.4, 0.5) is 0 Å². The third-order valence-corrected chi connectivity index (χ3v) is 2.27. The van der Waals surface area contributed by atoms with Gasteiger partial charge < -0.3 is 10.1 Å². The average molecular weight is 201 g/mol. The molecule has 3 heteroatoms. The second kappa shape index (κ2) is 4.11. The Kier molecular flexibility index (Phi) is 2.65. The summed E-state index contributed by atoms with van der Waals surface area (Å²) >= 11 is 0. The van der Waals surface area contributed by atoms with Crippen LogP contribution in [0, 0.1) is 0 Å². The summed E-state index contributed by atoms with van der Waals surface area (Å²) in [6.45, 7) is -0.0248. The second-order valence-electron chi connectivity index (χ2n) is 3.26. The highest BCUT2D eigenvalue weighted by atomic mass is 16.3. The fourth-order valence-electron chi connectivity index (χ4n) is 1.55. The van der Waals surface area contributed by atoms with E-state index in [1.54, 1.807) is 6.20 Å². The zero-order chi connectivity index (χ0) is 10.7. The number of hydrogen-bond donors (Lipinski definition) is 2. The molecule has 2 rings (SSSR count). The number of hydrogen-bond acceptors (Lipinski definition) is 2. The average Bonchev–Trinajstić information content (AvgIpc) is 2.29. The van der Waals surface area contributed by atoms with Crippen molar-refractivity contribution >= 4 is 0 Å². The normalized spacial score (nSPS) is 10.2. The Labute approximate surface area is 87.0 Å². The Morgan fingerprint density at radius 1 is 1.20 bits per heavy atom. The van der Waals surface area contributed by atoms with Gasteiger partial charge in [0.1, 0.15) is 0 Å². The molecule has 76 valence electrons. The summed E-state index contributed by atoms with van der Waals surface area (Å²) in [6, 6.07) is 10.8. The maximum atomic E-state index is 11.1. The van der Waals surface area contributed by atoms with Gasteiger partial charge in [-0.05, 0) is 22.8 Å². The number of aliphatic hydroxyl groups is 1. The van der Waals surface area contributed by atoms with Gasteiger partial charge >= 0.3 is 0 Å². The lowest BCUT2D eigenvalue weighted by molar-refractivity contribution is 0.282. The van der Waals surface area contributed by atoms with E-state index in [1.807, 2.05) is 30.3 Å². The minimum absolute atomic E-state index is 0.0248. The summed E-state index contributed by atoms with van der Waals surface area (Å²) in [7, 11) is 0. The van der Waals surface area contributed by atoms with Crippen molar-refractivity contribution in [2.45, 2.75) is 6.61 Å². The summed E-state index contributed by atoms with van der Waals surface area (Å²) in [6.07, 6.45) is 1.60. The standard InChI is InChI=1S/C12H11NO2/c14-8-10-3-1-2-4-11(10)9-5-6-13-12(15)7-9/h1-7,14H,8H2,(H,13,15). The lowest BCUT2D eigenvalue weighted by atomic mass is 10.0. The van der Waals surface area contributed by atoms with Gasteiger partial charge in [-0.2, -0.15) is 0 Å². The van der Waals surface area contributed by atoms with Gasteiger partial charge in [0.25, 0.3) is 0 Å². The first-order chi connectivity index (χ1) is 7.31. The predicted molar refractivity (Wildman–Crippen MR) is 58.4 cm³/mol. The summed E-state index contributed by atoms with van der Waals surface area (Å²) in [5.41, 5.74) is 2.40. The van der Waals surface area contributed by atoms with Gasteiger partial charge in [-0.1, -0.05) is 24.3 Å². The van der Waals surface area contributed by atoms with Crippen molar-refractivity contribution < 1.29 is 5.11 Å². The quantitative estimate of drug-likeness (QED) is 0.774. The summed E-state index contributed by atoms with van der Waals surface area (Å²) in [4.78, 5) is 13.7. The van der Waals surface area contributed by atoms with Gasteiger partial charge in [0.2, 0.25) is 5.56 Å². The van der Waals surface area contributed by atoms with Gasteiger partial charge in [-0.3, -0.25) is 4.79 Å². The van der Waals surface area contributed by atoms with E-state index in [-0.39, 0.29) is 12.2 Å². The van der Waals surface area contributed by atoms with E-state index in [0.29, 0.717) is 0 Å². The van der Waals surface area contributed by atoms with Gasteiger partial charge in [-0.15, -0.1) is 0 Å². The molecule has 0 aliphatic carbocycles. The molecule has 0 spiro atoms. The SMILES string of the molecule is O=c1cc(-c2ccccc2CO)cc[nH]1. The topological polar surface area (TPSA) is 53.1 Å². The van der Waals surface area contributed by atoms with Crippen LogP contribution in [0.5, 0.6) is 0 Å². The lowest BCUT2D eigenvalue weighted by Crippen LogP contribution is -2.02. The Hall–Kier alpha value is -1.87. The maximum absolute atomic E-state index is 11.1. The van der Waals surface area contributed by atoms with Gasteiger partial charge in [0.15, 0.2) is 0 Å². The minimum atomic E-state index is -0.139. The molecule has 0 unspecified atom stereocenters. The Balaban J connectivity index is 2.58. The number of H-pyrrole nitrogens is 1. The highest BCUT2D eigenvalue weighted by molar-refractivity contribution is 5.66. The number of rotatable bonds is 2. The molecule has 0 fully saturated rings. The van der Waals surface area contributed by atoms with Crippen LogP contribution in [0.3, 0.4) is 0 Å². The largest absolute Gasteiger partial charge is 0.392 e. The Morgan fingerprint density at radius 2 is 2.00 bits per heavy atom. The van der Waals surface area contributed by atoms with Crippen molar-refractivity contribution in [3.8, 4) is 11.1 Å². The first-order valence-corrected chi connectivity index (χ1v) is 4.69. The number of pyridine rings is 1. The van der Waals surface area contributed by atoms with Crippen LogP contribution >= 0.6 is 0 Å². The third kappa shape index (κ3) is 1.97. The molecular weight excluding hydrogens is 190 g/mol. The van der Waals surface area contributed by atoms with Crippen LogP contribution in [0.1, 0.15) is 5.56 Å². The molecular formula is C12H11NO2. The Morgan fingerprint density at radius 3 is 2.73 bits per heavy atom. The van der Waals surface area contributed by atoms with E-state index >= 15 is 0 Å². The number of nitrogens with one attached hydrogen (secondary N) is 1. The molecule has 2 N–H and O–H groups in total. The first-order valence-electron chi connectivity index (χ1n) is 4.69. The third-order valence-electron chi connectivity index (χ3n) is 2.27. The van der Waals surface area contributed by atoms with E-state index in [4.69, 9.17) is 5.11 Å². The number of aromatic nitrogens is 1. The molecule has 0 amide bonds. The molecule has 0 saturated heterocycles. The van der Waals surface area contributed by atoms with Crippen LogP contribution < -0.4 is 5.56 Å². The molecule has 2 aromatic rings. The minimum Gasteiger partial charge on any atom is -0.392 e. The van der Waals surface area contributed by atoms with Crippen LogP contribution in [0.25, 0.3) is 11.1 Å². The maximum Gasteiger partial charge on any atom is 0.248 e. The summed E-state index contributed by atoms with van der Waals surface area (Å²) in [5, 5.41) is 9.16. The van der Waals surface area contributed by atoms with E-state index in [1.165, 1.54) is 6.07 Å². The molecule has 1 aromatic carbocycles. The zero-order valence-corrected chi connectivity index (χ0v) is 8.10. The molecule has 0 aliphatic heterocycles. The molecule has 0 radical (unpaired) electrons. The molecule has 0 atom stereocenters. The predicted octanol–water partition coefficient (Wildman–Crippen LogP) is 1.53. The van der Waals surface area contributed by atoms with Crippen molar-refractivity contribution in [1.29, 1.82) is 0 Å². The smallest absolute Gasteiger partial charge is 0.248 e. The van der Waals surface area contributed by atoms with E-state index in [2.05, 4.69) is 4.98 Å². The van der Waals surface area contributed by atoms with Crippen LogP contribution in [-0.2, 0) is 6.61 Å². The highest BCUT2D eigenvalue weighted by Crippen LogP contribution is 2.21. The zero-order valence-electron chi connectivity index (χ0n) is 8.10. The van der Waals surface area contributed by atoms with Crippen LogP contribution in [0.15, 0.2) is 47.4 Å². The Bertz CT molecular complexity index is 517. The molecule has 0 aliphatic rings.